The van der Waals surface area contributed by atoms with Crippen LogP contribution in [-0.2, 0) is 4.79 Å². The summed E-state index contributed by atoms with van der Waals surface area (Å²) in [5, 5.41) is 13.5. The quantitative estimate of drug-likeness (QED) is 0.825. The van der Waals surface area contributed by atoms with E-state index in [2.05, 4.69) is 10.7 Å². The molecule has 6 heteroatoms. The number of nitrogens with one attached hydrogen (secondary N) is 1. The van der Waals surface area contributed by atoms with E-state index >= 15 is 0 Å². The minimum absolute atomic E-state index is 0.0936. The molecule has 1 heterocycles. The van der Waals surface area contributed by atoms with E-state index in [1.807, 2.05) is 0 Å². The number of carbonyl (C=O) groups is 2. The van der Waals surface area contributed by atoms with E-state index in [4.69, 9.17) is 16.7 Å². The van der Waals surface area contributed by atoms with Gasteiger partial charge < -0.3 is 10.4 Å². The monoisotopic (exact) mass is 232 g/mol. The van der Waals surface area contributed by atoms with Crippen LogP contribution in [0.25, 0.3) is 0 Å². The maximum absolute atomic E-state index is 11.3. The Morgan fingerprint density at radius 3 is 2.86 bits per heavy atom. The van der Waals surface area contributed by atoms with Crippen LogP contribution in [-0.4, -0.2) is 23.5 Å². The minimum Gasteiger partial charge on any atom is -0.481 e. The average molecular weight is 233 g/mol. The molecule has 4 nitrogen and oxygen atoms in total. The number of thiophene rings is 1. The van der Waals surface area contributed by atoms with Gasteiger partial charge in [-0.1, -0.05) is 11.6 Å². The standard InChI is InChI=1S/C8H7ClNO3S/c9-6-3-5(4-14-6)8(13)10-2-1-7(11)12/h3H,1-2H2,(H,10,13)(H,11,12). The molecule has 75 valence electrons. The highest BCUT2D eigenvalue weighted by Crippen LogP contribution is 2.18. The highest BCUT2D eigenvalue weighted by molar-refractivity contribution is 7.14. The summed E-state index contributed by atoms with van der Waals surface area (Å²) in [7, 11) is 0. The molecule has 2 N–H and O–H groups in total. The zero-order valence-corrected chi connectivity index (χ0v) is 8.61. The number of rotatable bonds is 4. The van der Waals surface area contributed by atoms with Gasteiger partial charge in [-0.25, -0.2) is 0 Å². The van der Waals surface area contributed by atoms with Crippen molar-refractivity contribution in [2.24, 2.45) is 0 Å². The molecular formula is C8H7ClNO3S. The minimum atomic E-state index is -0.947. The average Bonchev–Trinajstić information content (AvgIpc) is 2.51. The molecule has 0 saturated heterocycles. The Hall–Kier alpha value is -1.07. The first kappa shape index (κ1) is 11.0. The first-order valence-corrected chi connectivity index (χ1v) is 4.96. The van der Waals surface area contributed by atoms with Gasteiger partial charge in [0.2, 0.25) is 0 Å². The Bertz CT molecular complexity index is 350. The SMILES string of the molecule is O=C(O)CCNC(=O)c1[c]sc(Cl)c1. The second-order valence-electron chi connectivity index (χ2n) is 2.47. The van der Waals surface area contributed by atoms with Gasteiger partial charge in [-0.2, -0.15) is 0 Å². The third-order valence-electron chi connectivity index (χ3n) is 1.39. The first-order valence-electron chi connectivity index (χ1n) is 3.76. The molecule has 0 bridgehead atoms. The Morgan fingerprint density at radius 1 is 1.64 bits per heavy atom. The zero-order valence-electron chi connectivity index (χ0n) is 7.04. The van der Waals surface area contributed by atoms with E-state index in [-0.39, 0.29) is 18.9 Å². The van der Waals surface area contributed by atoms with Crippen LogP contribution >= 0.6 is 22.9 Å². The largest absolute Gasteiger partial charge is 0.481 e. The Balaban J connectivity index is 2.39. The van der Waals surface area contributed by atoms with E-state index in [9.17, 15) is 9.59 Å². The summed E-state index contributed by atoms with van der Waals surface area (Å²) in [6.07, 6.45) is -0.0936. The third kappa shape index (κ3) is 3.35. The van der Waals surface area contributed by atoms with Crippen LogP contribution in [0.5, 0.6) is 0 Å². The van der Waals surface area contributed by atoms with Crippen molar-refractivity contribution < 1.29 is 14.7 Å². The van der Waals surface area contributed by atoms with Gasteiger partial charge in [0.05, 0.1) is 21.7 Å². The van der Waals surface area contributed by atoms with Gasteiger partial charge in [-0.3, -0.25) is 9.59 Å². The van der Waals surface area contributed by atoms with Crippen molar-refractivity contribution >= 4 is 34.8 Å². The molecule has 1 aromatic rings. The number of carbonyl (C=O) groups excluding carboxylic acids is 1. The summed E-state index contributed by atoms with van der Waals surface area (Å²) in [6, 6.07) is 1.49. The van der Waals surface area contributed by atoms with Crippen LogP contribution < -0.4 is 5.32 Å². The fourth-order valence-electron chi connectivity index (χ4n) is 0.766. The summed E-state index contributed by atoms with van der Waals surface area (Å²) in [4.78, 5) is 21.4. The Labute approximate surface area is 89.5 Å². The van der Waals surface area contributed by atoms with Crippen LogP contribution in [0.3, 0.4) is 0 Å². The lowest BCUT2D eigenvalue weighted by Gasteiger charge is -1.99. The van der Waals surface area contributed by atoms with E-state index in [0.29, 0.717) is 9.90 Å². The predicted molar refractivity (Wildman–Crippen MR) is 52.8 cm³/mol. The van der Waals surface area contributed by atoms with Crippen molar-refractivity contribution in [3.05, 3.63) is 21.3 Å². The van der Waals surface area contributed by atoms with E-state index < -0.39 is 5.97 Å². The third-order valence-corrected chi connectivity index (χ3v) is 2.36. The summed E-state index contributed by atoms with van der Waals surface area (Å²) in [5.74, 6) is -1.30. The summed E-state index contributed by atoms with van der Waals surface area (Å²) < 4.78 is 0.480. The number of carboxylic acids is 1. The number of halogens is 1. The van der Waals surface area contributed by atoms with Crippen molar-refractivity contribution in [3.8, 4) is 0 Å². The number of aliphatic carboxylic acids is 1. The lowest BCUT2D eigenvalue weighted by molar-refractivity contribution is -0.136. The predicted octanol–water partition coefficient (Wildman–Crippen LogP) is 1.41. The van der Waals surface area contributed by atoms with Crippen molar-refractivity contribution in [1.29, 1.82) is 0 Å². The van der Waals surface area contributed by atoms with Crippen molar-refractivity contribution in [3.63, 3.8) is 0 Å². The van der Waals surface area contributed by atoms with Crippen LogP contribution in [0, 0.1) is 5.38 Å². The second kappa shape index (κ2) is 4.97. The molecule has 0 aromatic carbocycles. The lowest BCUT2D eigenvalue weighted by Crippen LogP contribution is -2.25. The van der Waals surface area contributed by atoms with Crippen molar-refractivity contribution in [2.45, 2.75) is 6.42 Å². The number of hydrogen-bond donors (Lipinski definition) is 2. The molecule has 0 unspecified atom stereocenters. The molecule has 0 atom stereocenters. The highest BCUT2D eigenvalue weighted by Gasteiger charge is 2.08. The second-order valence-corrected chi connectivity index (χ2v) is 3.95. The van der Waals surface area contributed by atoms with Gasteiger partial charge in [0, 0.05) is 6.54 Å². The molecule has 0 saturated carbocycles. The van der Waals surface area contributed by atoms with Gasteiger partial charge in [0.25, 0.3) is 5.91 Å². The number of carboxylic acid groups (broad SMARTS) is 1. The summed E-state index contributed by atoms with van der Waals surface area (Å²) >= 11 is 6.74. The smallest absolute Gasteiger partial charge is 0.305 e. The molecule has 1 amide bonds. The molecule has 0 aliphatic rings. The molecular weight excluding hydrogens is 226 g/mol. The van der Waals surface area contributed by atoms with Gasteiger partial charge in [0.1, 0.15) is 0 Å². The zero-order chi connectivity index (χ0) is 10.6. The summed E-state index contributed by atoms with van der Waals surface area (Å²) in [6.45, 7) is 0.107. The van der Waals surface area contributed by atoms with Gasteiger partial charge in [0.15, 0.2) is 0 Å². The molecule has 0 aliphatic carbocycles. The van der Waals surface area contributed by atoms with Crippen molar-refractivity contribution in [2.75, 3.05) is 6.54 Å². The molecule has 0 fully saturated rings. The lowest BCUT2D eigenvalue weighted by atomic mass is 10.3. The van der Waals surface area contributed by atoms with Crippen molar-refractivity contribution in [1.82, 2.24) is 5.32 Å². The van der Waals surface area contributed by atoms with Crippen LogP contribution in [0.4, 0.5) is 0 Å². The van der Waals surface area contributed by atoms with E-state index in [1.165, 1.54) is 6.07 Å². The van der Waals surface area contributed by atoms with E-state index in [0.717, 1.165) is 11.3 Å². The first-order chi connectivity index (χ1) is 6.59. The topological polar surface area (TPSA) is 66.4 Å². The molecule has 1 aromatic heterocycles. The molecule has 0 aliphatic heterocycles. The molecule has 14 heavy (non-hydrogen) atoms. The van der Waals surface area contributed by atoms with Gasteiger partial charge >= 0.3 is 5.97 Å². The van der Waals surface area contributed by atoms with E-state index in [1.54, 1.807) is 0 Å². The van der Waals surface area contributed by atoms with Crippen LogP contribution in [0.2, 0.25) is 4.34 Å². The fraction of sp³-hybridized carbons (Fsp3) is 0.250. The van der Waals surface area contributed by atoms with Crippen LogP contribution in [0.1, 0.15) is 16.8 Å². The maximum atomic E-state index is 11.3. The van der Waals surface area contributed by atoms with Gasteiger partial charge in [-0.05, 0) is 6.07 Å². The fourth-order valence-corrected chi connectivity index (χ4v) is 1.53. The maximum Gasteiger partial charge on any atom is 0.305 e. The van der Waals surface area contributed by atoms with Gasteiger partial charge in [-0.15, -0.1) is 11.3 Å². The summed E-state index contributed by atoms with van der Waals surface area (Å²) in [5.41, 5.74) is 0.338. The molecule has 1 rings (SSSR count). The molecule has 0 spiro atoms. The Morgan fingerprint density at radius 2 is 2.36 bits per heavy atom. The normalized spacial score (nSPS) is 9.79. The number of amides is 1. The number of hydrogen-bond acceptors (Lipinski definition) is 3. The van der Waals surface area contributed by atoms with Crippen LogP contribution in [0.15, 0.2) is 6.07 Å². The molecule has 1 radical (unpaired) electrons. The highest BCUT2D eigenvalue weighted by atomic mass is 35.5. The Kier molecular flexibility index (Phi) is 3.91.